The van der Waals surface area contributed by atoms with Gasteiger partial charge in [-0.3, -0.25) is 9.59 Å². The second-order valence-electron chi connectivity index (χ2n) is 14.2. The number of anilines is 1. The first-order chi connectivity index (χ1) is 24.3. The van der Waals surface area contributed by atoms with E-state index >= 15 is 0 Å². The van der Waals surface area contributed by atoms with Crippen LogP contribution in [0, 0.1) is 5.92 Å². The summed E-state index contributed by atoms with van der Waals surface area (Å²) in [6.45, 7) is 5.45. The first kappa shape index (κ1) is 35.7. The van der Waals surface area contributed by atoms with Crippen LogP contribution in [-0.2, 0) is 32.6 Å². The molecular formula is C40H52N4O6. The van der Waals surface area contributed by atoms with Gasteiger partial charge in [-0.2, -0.15) is 0 Å². The molecular weight excluding hydrogens is 632 g/mol. The van der Waals surface area contributed by atoms with Crippen molar-refractivity contribution in [3.05, 3.63) is 82.9 Å². The molecule has 0 aromatic heterocycles. The maximum atomic E-state index is 13.3. The van der Waals surface area contributed by atoms with Gasteiger partial charge in [0.2, 0.25) is 5.91 Å². The van der Waals surface area contributed by atoms with Crippen LogP contribution >= 0.6 is 0 Å². The highest BCUT2D eigenvalue weighted by Crippen LogP contribution is 2.44. The first-order valence-corrected chi connectivity index (χ1v) is 18.2. The van der Waals surface area contributed by atoms with Crippen molar-refractivity contribution in [1.82, 2.24) is 15.1 Å². The average Bonchev–Trinajstić information content (AvgIpc) is 3.63. The lowest BCUT2D eigenvalue weighted by Crippen LogP contribution is -2.58. The van der Waals surface area contributed by atoms with Crippen molar-refractivity contribution in [3.8, 4) is 17.2 Å². The van der Waals surface area contributed by atoms with Gasteiger partial charge in [-0.25, -0.2) is 0 Å². The number of aryl methyl sites for hydroxylation is 1. The molecule has 6 rings (SSSR count). The number of phenols is 2. The van der Waals surface area contributed by atoms with E-state index in [0.29, 0.717) is 68.8 Å². The van der Waals surface area contributed by atoms with E-state index < -0.39 is 0 Å². The molecule has 268 valence electrons. The number of hydrogen-bond acceptors (Lipinski definition) is 8. The van der Waals surface area contributed by atoms with Gasteiger partial charge in [-0.1, -0.05) is 61.4 Å². The third-order valence-electron chi connectivity index (χ3n) is 10.5. The van der Waals surface area contributed by atoms with Crippen LogP contribution in [0.2, 0.25) is 0 Å². The van der Waals surface area contributed by atoms with Crippen molar-refractivity contribution in [2.24, 2.45) is 5.92 Å². The number of likely N-dealkylation sites (N-methyl/N-ethyl adjacent to an activating group) is 1. The Balaban J connectivity index is 0.938. The molecule has 0 spiro atoms. The lowest BCUT2D eigenvalue weighted by atomic mass is 9.68. The molecule has 0 unspecified atom stereocenters. The molecule has 2 fully saturated rings. The highest BCUT2D eigenvalue weighted by atomic mass is 16.5. The van der Waals surface area contributed by atoms with Crippen molar-refractivity contribution in [2.45, 2.75) is 56.8 Å². The van der Waals surface area contributed by atoms with Crippen LogP contribution in [0.15, 0.2) is 60.7 Å². The first-order valence-electron chi connectivity index (χ1n) is 18.2. The van der Waals surface area contributed by atoms with E-state index in [1.807, 2.05) is 29.2 Å². The zero-order chi connectivity index (χ0) is 34.9. The lowest BCUT2D eigenvalue weighted by molar-refractivity contribution is -0.133. The van der Waals surface area contributed by atoms with Crippen LogP contribution in [-0.4, -0.2) is 98.0 Å². The molecule has 3 aromatic rings. The molecule has 1 aliphatic carbocycles. The smallest absolute Gasteiger partial charge is 0.262 e. The second kappa shape index (κ2) is 16.7. The van der Waals surface area contributed by atoms with Crippen LogP contribution in [0.3, 0.4) is 0 Å². The molecule has 10 nitrogen and oxygen atoms in total. The van der Waals surface area contributed by atoms with Gasteiger partial charge in [0.25, 0.3) is 5.91 Å². The van der Waals surface area contributed by atoms with E-state index in [0.717, 1.165) is 43.6 Å². The third kappa shape index (κ3) is 8.60. The number of hydrogen-bond donors (Lipinski definition) is 4. The normalized spacial score (nSPS) is 17.1. The fourth-order valence-corrected chi connectivity index (χ4v) is 7.86. The Kier molecular flexibility index (Phi) is 11.9. The molecule has 2 amide bonds. The van der Waals surface area contributed by atoms with Crippen LogP contribution in [0.1, 0.15) is 60.8 Å². The summed E-state index contributed by atoms with van der Waals surface area (Å²) in [5, 5.41) is 27.2. The minimum Gasteiger partial charge on any atom is -0.508 e. The number of amides is 2. The van der Waals surface area contributed by atoms with E-state index in [2.05, 4.69) is 52.9 Å². The van der Waals surface area contributed by atoms with Gasteiger partial charge < -0.3 is 40.1 Å². The SMILES string of the molecule is CN1CC(c2ccccc2)(c2cc(CCCOCCC(=O)N(CCNCCc3ccc(O)c4c3OCC(=O)N4)CC3CCCC3)ccc2O)C1. The summed E-state index contributed by atoms with van der Waals surface area (Å²) < 4.78 is 11.6. The Labute approximate surface area is 295 Å². The maximum Gasteiger partial charge on any atom is 0.262 e. The molecule has 0 atom stereocenters. The maximum absolute atomic E-state index is 13.3. The van der Waals surface area contributed by atoms with Gasteiger partial charge in [0.1, 0.15) is 17.2 Å². The third-order valence-corrected chi connectivity index (χ3v) is 10.5. The number of benzene rings is 3. The topological polar surface area (TPSA) is 124 Å². The van der Waals surface area contributed by atoms with Crippen molar-refractivity contribution in [1.29, 1.82) is 0 Å². The quantitative estimate of drug-likeness (QED) is 0.118. The van der Waals surface area contributed by atoms with Gasteiger partial charge in [-0.15, -0.1) is 0 Å². The summed E-state index contributed by atoms with van der Waals surface area (Å²) in [5.41, 5.74) is 4.45. The van der Waals surface area contributed by atoms with Crippen LogP contribution < -0.4 is 15.4 Å². The Bertz CT molecular complexity index is 1600. The average molecular weight is 685 g/mol. The molecule has 0 bridgehead atoms. The van der Waals surface area contributed by atoms with E-state index in [1.165, 1.54) is 36.8 Å². The number of fused-ring (bicyclic) bond motifs is 1. The Morgan fingerprint density at radius 2 is 1.80 bits per heavy atom. The zero-order valence-corrected chi connectivity index (χ0v) is 29.3. The number of rotatable bonds is 17. The minimum absolute atomic E-state index is 0.00433. The highest BCUT2D eigenvalue weighted by Gasteiger charge is 2.45. The summed E-state index contributed by atoms with van der Waals surface area (Å²) in [7, 11) is 2.11. The molecule has 0 radical (unpaired) electrons. The summed E-state index contributed by atoms with van der Waals surface area (Å²) in [5.74, 6) is 1.28. The molecule has 3 aromatic carbocycles. The monoisotopic (exact) mass is 684 g/mol. The summed E-state index contributed by atoms with van der Waals surface area (Å²) in [6, 6.07) is 19.9. The highest BCUT2D eigenvalue weighted by molar-refractivity contribution is 5.97. The Hall–Kier alpha value is -4.12. The molecule has 1 saturated carbocycles. The van der Waals surface area contributed by atoms with E-state index in [-0.39, 0.29) is 29.6 Å². The predicted molar refractivity (Wildman–Crippen MR) is 194 cm³/mol. The molecule has 2 aliphatic heterocycles. The van der Waals surface area contributed by atoms with Crippen LogP contribution in [0.25, 0.3) is 0 Å². The number of aromatic hydroxyl groups is 2. The largest absolute Gasteiger partial charge is 0.508 e. The fraction of sp³-hybridized carbons (Fsp3) is 0.500. The van der Waals surface area contributed by atoms with Crippen molar-refractivity contribution in [3.63, 3.8) is 0 Å². The van der Waals surface area contributed by atoms with Crippen molar-refractivity contribution < 1.29 is 29.3 Å². The zero-order valence-electron chi connectivity index (χ0n) is 29.3. The van der Waals surface area contributed by atoms with Gasteiger partial charge in [-0.05, 0) is 80.4 Å². The van der Waals surface area contributed by atoms with Gasteiger partial charge in [0, 0.05) is 50.3 Å². The predicted octanol–water partition coefficient (Wildman–Crippen LogP) is 4.85. The number of carbonyl (C=O) groups is 2. The molecule has 3 aliphatic rings. The summed E-state index contributed by atoms with van der Waals surface area (Å²) >= 11 is 0. The molecule has 2 heterocycles. The Morgan fingerprint density at radius 1 is 1.02 bits per heavy atom. The second-order valence-corrected chi connectivity index (χ2v) is 14.2. The van der Waals surface area contributed by atoms with Gasteiger partial charge in [0.15, 0.2) is 12.4 Å². The van der Waals surface area contributed by atoms with E-state index in [4.69, 9.17) is 9.47 Å². The number of likely N-dealkylation sites (tertiary alicyclic amines) is 1. The van der Waals surface area contributed by atoms with Crippen molar-refractivity contribution >= 4 is 17.5 Å². The van der Waals surface area contributed by atoms with Crippen molar-refractivity contribution in [2.75, 3.05) is 71.5 Å². The minimum atomic E-state index is -0.280. The van der Waals surface area contributed by atoms with E-state index in [9.17, 15) is 19.8 Å². The molecule has 1 saturated heterocycles. The number of ether oxygens (including phenoxy) is 2. The Morgan fingerprint density at radius 3 is 2.58 bits per heavy atom. The number of nitrogens with one attached hydrogen (secondary N) is 2. The number of nitrogens with zero attached hydrogens (tertiary/aromatic N) is 2. The lowest BCUT2D eigenvalue weighted by Gasteiger charge is -2.49. The molecule has 10 heteroatoms. The summed E-state index contributed by atoms with van der Waals surface area (Å²) in [6.07, 6.45) is 7.55. The summed E-state index contributed by atoms with van der Waals surface area (Å²) in [4.78, 5) is 29.3. The van der Waals surface area contributed by atoms with E-state index in [1.54, 1.807) is 6.07 Å². The van der Waals surface area contributed by atoms with Crippen LogP contribution in [0.5, 0.6) is 17.2 Å². The fourth-order valence-electron chi connectivity index (χ4n) is 7.86. The van der Waals surface area contributed by atoms with Crippen LogP contribution in [0.4, 0.5) is 5.69 Å². The van der Waals surface area contributed by atoms with Gasteiger partial charge in [0.05, 0.1) is 13.0 Å². The molecule has 50 heavy (non-hydrogen) atoms. The standard InChI is InChI=1S/C40H52N4O6/c1-43-27-40(28-43,32-11-3-2-4-12-32)33-24-29(13-15-34(33)45)10-7-22-49-23-18-37(48)44(25-30-8-5-6-9-30)21-20-41-19-17-31-14-16-35(46)38-39(31)50-26-36(47)42-38/h2-4,11-16,24,30,41,45-46H,5-10,17-23,25-28H2,1H3,(H,42,47). The van der Waals surface area contributed by atoms with Gasteiger partial charge >= 0.3 is 0 Å². The number of carbonyl (C=O) groups excluding carboxylic acids is 2. The number of phenolic OH excluding ortho intramolecular Hbond substituents is 2. The molecule has 4 N–H and O–H groups in total.